The number of furan rings is 1. The first-order chi connectivity index (χ1) is 14.0. The van der Waals surface area contributed by atoms with Crippen LogP contribution in [-0.4, -0.2) is 20.3 Å². The van der Waals surface area contributed by atoms with Gasteiger partial charge in [-0.3, -0.25) is 13.9 Å². The van der Waals surface area contributed by atoms with Gasteiger partial charge in [-0.05, 0) is 29.8 Å². The molecule has 1 aliphatic heterocycles. The Kier molecular flexibility index (Phi) is 4.15. The Morgan fingerprint density at radius 2 is 1.83 bits per heavy atom. The standard InChI is InChI=1S/C21H18BrN3O4/c1-23-17-15(20(26)24(2)21(23)27)16(12-5-7-13(22)8-6-12)25-9-11-29-19(18(17)25)14-4-3-10-28-14/h3-8,10,19H,9,11H2,1-2H3/t19-/m0/s1. The predicted octanol–water partition coefficient (Wildman–Crippen LogP) is 3.18. The van der Waals surface area contributed by atoms with Gasteiger partial charge in [0.1, 0.15) is 5.76 Å². The first kappa shape index (κ1) is 18.2. The summed E-state index contributed by atoms with van der Waals surface area (Å²) < 4.78 is 17.4. The summed E-state index contributed by atoms with van der Waals surface area (Å²) in [5.74, 6) is 0.640. The summed E-state index contributed by atoms with van der Waals surface area (Å²) in [5, 5.41) is 0.508. The number of aromatic nitrogens is 3. The third-order valence-electron chi connectivity index (χ3n) is 5.47. The monoisotopic (exact) mass is 455 g/mol. The molecule has 1 aliphatic rings. The highest BCUT2D eigenvalue weighted by molar-refractivity contribution is 9.10. The fraction of sp³-hybridized carbons (Fsp3) is 0.238. The van der Waals surface area contributed by atoms with E-state index in [1.54, 1.807) is 19.4 Å². The van der Waals surface area contributed by atoms with E-state index in [9.17, 15) is 9.59 Å². The van der Waals surface area contributed by atoms with E-state index < -0.39 is 6.10 Å². The molecule has 1 atom stereocenters. The number of nitrogens with zero attached hydrogens (tertiary/aromatic N) is 3. The molecule has 7 nitrogen and oxygen atoms in total. The van der Waals surface area contributed by atoms with Crippen LogP contribution in [0.4, 0.5) is 0 Å². The first-order valence-electron chi connectivity index (χ1n) is 9.22. The minimum absolute atomic E-state index is 0.318. The van der Waals surface area contributed by atoms with Crippen LogP contribution in [0.5, 0.6) is 0 Å². The minimum atomic E-state index is -0.497. The quantitative estimate of drug-likeness (QED) is 0.465. The Balaban J connectivity index is 1.97. The van der Waals surface area contributed by atoms with Crippen molar-refractivity contribution in [1.82, 2.24) is 13.7 Å². The van der Waals surface area contributed by atoms with Gasteiger partial charge in [-0.1, -0.05) is 28.1 Å². The molecule has 0 saturated carbocycles. The van der Waals surface area contributed by atoms with Gasteiger partial charge in [0.05, 0.1) is 35.2 Å². The van der Waals surface area contributed by atoms with E-state index in [-0.39, 0.29) is 11.2 Å². The molecule has 1 aromatic carbocycles. The third-order valence-corrected chi connectivity index (χ3v) is 6.00. The van der Waals surface area contributed by atoms with Gasteiger partial charge in [0.2, 0.25) is 0 Å². The Morgan fingerprint density at radius 1 is 1.07 bits per heavy atom. The zero-order valence-corrected chi connectivity index (χ0v) is 17.5. The lowest BCUT2D eigenvalue weighted by Gasteiger charge is -2.26. The molecule has 0 N–H and O–H groups in total. The predicted molar refractivity (Wildman–Crippen MR) is 112 cm³/mol. The molecule has 0 aliphatic carbocycles. The molecule has 4 heterocycles. The van der Waals surface area contributed by atoms with Crippen molar-refractivity contribution in [3.63, 3.8) is 0 Å². The van der Waals surface area contributed by atoms with Crippen molar-refractivity contribution in [2.45, 2.75) is 12.6 Å². The number of fused-ring (bicyclic) bond motifs is 3. The van der Waals surface area contributed by atoms with E-state index in [0.717, 1.165) is 26.0 Å². The molecule has 5 rings (SSSR count). The lowest BCUT2D eigenvalue weighted by molar-refractivity contribution is 0.0347. The van der Waals surface area contributed by atoms with Crippen LogP contribution in [0.1, 0.15) is 17.6 Å². The van der Waals surface area contributed by atoms with Crippen LogP contribution in [0.25, 0.3) is 22.2 Å². The number of benzene rings is 1. The molecule has 0 saturated heterocycles. The van der Waals surface area contributed by atoms with Crippen molar-refractivity contribution in [3.05, 3.63) is 79.4 Å². The Morgan fingerprint density at radius 3 is 2.52 bits per heavy atom. The molecule has 0 spiro atoms. The molecule has 29 heavy (non-hydrogen) atoms. The highest BCUT2D eigenvalue weighted by atomic mass is 79.9. The number of hydrogen-bond donors (Lipinski definition) is 0. The van der Waals surface area contributed by atoms with E-state index in [0.29, 0.717) is 29.8 Å². The molecule has 0 radical (unpaired) electrons. The molecule has 0 fully saturated rings. The SMILES string of the molecule is Cn1c(=O)c2c(-c3ccc(Br)cc3)n3c(c2n(C)c1=O)[C@H](c1ccco1)OCC3. The van der Waals surface area contributed by atoms with Crippen molar-refractivity contribution in [1.29, 1.82) is 0 Å². The van der Waals surface area contributed by atoms with E-state index in [1.807, 2.05) is 30.3 Å². The maximum absolute atomic E-state index is 13.2. The summed E-state index contributed by atoms with van der Waals surface area (Å²) in [7, 11) is 3.19. The van der Waals surface area contributed by atoms with Crippen LogP contribution in [0.3, 0.4) is 0 Å². The molecule has 8 heteroatoms. The lowest BCUT2D eigenvalue weighted by Crippen LogP contribution is -2.37. The summed E-state index contributed by atoms with van der Waals surface area (Å²) in [6.07, 6.45) is 1.10. The first-order valence-corrected chi connectivity index (χ1v) is 10.0. The fourth-order valence-corrected chi connectivity index (χ4v) is 4.41. The molecule has 4 aromatic rings. The van der Waals surface area contributed by atoms with E-state index in [2.05, 4.69) is 20.5 Å². The van der Waals surface area contributed by atoms with Gasteiger partial charge < -0.3 is 13.7 Å². The summed E-state index contributed by atoms with van der Waals surface area (Å²) in [4.78, 5) is 26.0. The summed E-state index contributed by atoms with van der Waals surface area (Å²) in [5.41, 5.74) is 2.34. The normalized spacial score (nSPS) is 16.3. The molecule has 0 bridgehead atoms. The molecule has 148 valence electrons. The van der Waals surface area contributed by atoms with Crippen LogP contribution < -0.4 is 11.2 Å². The highest BCUT2D eigenvalue weighted by Gasteiger charge is 2.34. The number of hydrogen-bond acceptors (Lipinski definition) is 4. The van der Waals surface area contributed by atoms with Gasteiger partial charge in [-0.15, -0.1) is 0 Å². The summed E-state index contributed by atoms with van der Waals surface area (Å²) in [6, 6.07) is 11.5. The van der Waals surface area contributed by atoms with Crippen molar-refractivity contribution < 1.29 is 9.15 Å². The van der Waals surface area contributed by atoms with Crippen molar-refractivity contribution >= 4 is 26.8 Å². The van der Waals surface area contributed by atoms with Crippen LogP contribution in [-0.2, 0) is 25.4 Å². The summed E-state index contributed by atoms with van der Waals surface area (Å²) >= 11 is 3.47. The molecule has 3 aromatic heterocycles. The third kappa shape index (κ3) is 2.59. The van der Waals surface area contributed by atoms with Crippen molar-refractivity contribution in [2.24, 2.45) is 14.1 Å². The Bertz CT molecular complexity index is 1340. The minimum Gasteiger partial charge on any atom is -0.466 e. The maximum Gasteiger partial charge on any atom is 0.331 e. The zero-order valence-electron chi connectivity index (χ0n) is 15.9. The maximum atomic E-state index is 13.2. The average molecular weight is 456 g/mol. The van der Waals surface area contributed by atoms with E-state index >= 15 is 0 Å². The van der Waals surface area contributed by atoms with Crippen molar-refractivity contribution in [2.75, 3.05) is 6.61 Å². The van der Waals surface area contributed by atoms with Gasteiger partial charge in [-0.2, -0.15) is 0 Å². The van der Waals surface area contributed by atoms with E-state index in [1.165, 1.54) is 11.6 Å². The van der Waals surface area contributed by atoms with Gasteiger partial charge in [0, 0.05) is 25.1 Å². The number of halogens is 1. The van der Waals surface area contributed by atoms with Gasteiger partial charge in [-0.25, -0.2) is 4.79 Å². The number of rotatable bonds is 2. The van der Waals surface area contributed by atoms with E-state index in [4.69, 9.17) is 9.15 Å². The second-order valence-corrected chi connectivity index (χ2v) is 8.00. The lowest BCUT2D eigenvalue weighted by atomic mass is 10.1. The van der Waals surface area contributed by atoms with Crippen LogP contribution in [0, 0.1) is 0 Å². The van der Waals surface area contributed by atoms with Gasteiger partial charge >= 0.3 is 5.69 Å². The van der Waals surface area contributed by atoms with Crippen LogP contribution >= 0.6 is 15.9 Å². The van der Waals surface area contributed by atoms with Gasteiger partial charge in [0.25, 0.3) is 5.56 Å². The second-order valence-electron chi connectivity index (χ2n) is 7.09. The van der Waals surface area contributed by atoms with Crippen molar-refractivity contribution in [3.8, 4) is 11.3 Å². The topological polar surface area (TPSA) is 71.3 Å². The largest absolute Gasteiger partial charge is 0.466 e. The Hall–Kier alpha value is -2.84. The van der Waals surface area contributed by atoms with Crippen LogP contribution in [0.2, 0.25) is 0 Å². The zero-order chi connectivity index (χ0) is 20.3. The summed E-state index contributed by atoms with van der Waals surface area (Å²) in [6.45, 7) is 1.04. The van der Waals surface area contributed by atoms with Gasteiger partial charge in [0.15, 0.2) is 6.10 Å². The number of aryl methyl sites for hydroxylation is 1. The smallest absolute Gasteiger partial charge is 0.331 e. The average Bonchev–Trinajstić information content (AvgIpc) is 3.37. The molecular formula is C21H18BrN3O4. The Labute approximate surface area is 173 Å². The second kappa shape index (κ2) is 6.60. The molecular weight excluding hydrogens is 438 g/mol. The molecule has 0 unspecified atom stereocenters. The highest BCUT2D eigenvalue weighted by Crippen LogP contribution is 2.40. The fourth-order valence-electron chi connectivity index (χ4n) is 4.14. The van der Waals surface area contributed by atoms with Crippen LogP contribution in [0.15, 0.2) is 61.1 Å². The molecule has 0 amide bonds. The number of ether oxygens (including phenoxy) is 1.